The standard InChI is InChI=1S/H10O3Si4.H6Si2/c4-1-6-3-7-2-5;1-2/h6-7H2,4-5H3;1-2H3. The third-order valence-electron chi connectivity index (χ3n) is 0.402. The summed E-state index contributed by atoms with van der Waals surface area (Å²) in [4.78, 5) is 0. The fraction of sp³-hybridized carbons (Fsp3) is 0. The van der Waals surface area contributed by atoms with Gasteiger partial charge in [-0.25, -0.2) is 0 Å². The maximum atomic E-state index is 5.03. The summed E-state index contributed by atoms with van der Waals surface area (Å²) in [6, 6.07) is 0. The van der Waals surface area contributed by atoms with Gasteiger partial charge in [0.25, 0.3) is 20.0 Å². The Balaban J connectivity index is 0. The SMILES string of the molecule is [SiH3]O[SiH2]O[SiH2]O[SiH3].[SiH3][SiH3]. The van der Waals surface area contributed by atoms with Gasteiger partial charge >= 0.3 is 0 Å². The first kappa shape index (κ1) is 12.8. The molecule has 0 N–H and O–H groups in total. The van der Waals surface area contributed by atoms with E-state index in [1.54, 1.807) is 0 Å². The van der Waals surface area contributed by atoms with Crippen LogP contribution in [0.1, 0.15) is 0 Å². The summed E-state index contributed by atoms with van der Waals surface area (Å²) in [5.41, 5.74) is 0. The third kappa shape index (κ3) is 17.6. The van der Waals surface area contributed by atoms with Gasteiger partial charge in [0, 0.05) is 0 Å². The molecule has 0 aliphatic heterocycles. The lowest BCUT2D eigenvalue weighted by atomic mass is 15.7. The minimum Gasteiger partial charge on any atom is -0.449 e. The summed E-state index contributed by atoms with van der Waals surface area (Å²) in [5, 5.41) is 0. The highest BCUT2D eigenvalue weighted by molar-refractivity contribution is 6.75. The van der Waals surface area contributed by atoms with Crippen LogP contribution in [0.2, 0.25) is 0 Å². The minimum absolute atomic E-state index is 0.569. The first-order valence-corrected chi connectivity index (χ1v) is 14.9. The van der Waals surface area contributed by atoms with Crippen LogP contribution in [0.15, 0.2) is 0 Å². The Bertz CT molecular complexity index is 27.5. The molecule has 0 aromatic heterocycles. The summed E-state index contributed by atoms with van der Waals surface area (Å²) >= 11 is 0. The predicted molar refractivity (Wildman–Crippen MR) is 60.1 cm³/mol. The Hall–Kier alpha value is 1.18. The van der Waals surface area contributed by atoms with Gasteiger partial charge in [0.1, 0.15) is 21.0 Å². The van der Waals surface area contributed by atoms with Crippen LogP contribution in [0.4, 0.5) is 0 Å². The summed E-state index contributed by atoms with van der Waals surface area (Å²) in [7, 11) is 3.39. The molecule has 0 spiro atoms. The van der Waals surface area contributed by atoms with Gasteiger partial charge in [0.2, 0.25) is 0 Å². The zero-order chi connectivity index (χ0) is 7.54. The minimum atomic E-state index is -0.569. The highest BCUT2D eigenvalue weighted by atomic mass is 29.1. The molecule has 9 heteroatoms. The van der Waals surface area contributed by atoms with E-state index in [1.807, 2.05) is 0 Å². The molecule has 0 saturated carbocycles. The maximum Gasteiger partial charge on any atom is 0.284 e. The zero-order valence-corrected chi connectivity index (χ0v) is 17.5. The van der Waals surface area contributed by atoms with E-state index in [1.165, 1.54) is 19.5 Å². The molecule has 3 nitrogen and oxygen atoms in total. The van der Waals surface area contributed by atoms with Gasteiger partial charge in [-0.3, -0.25) is 0 Å². The normalized spacial score (nSPS) is 12.0. The third-order valence-corrected chi connectivity index (χ3v) is 3.62. The summed E-state index contributed by atoms with van der Waals surface area (Å²) in [5.74, 6) is 0. The topological polar surface area (TPSA) is 27.7 Å². The van der Waals surface area contributed by atoms with Crippen molar-refractivity contribution in [3.63, 3.8) is 0 Å². The molecule has 0 fully saturated rings. The van der Waals surface area contributed by atoms with Gasteiger partial charge in [-0.15, -0.1) is 0 Å². The monoisotopic (exact) mass is 232 g/mol. The first-order valence-electron chi connectivity index (χ1n) is 2.97. The van der Waals surface area contributed by atoms with E-state index in [4.69, 9.17) is 12.3 Å². The fourth-order valence-corrected chi connectivity index (χ4v) is 4.81. The molecule has 0 amide bonds. The summed E-state index contributed by atoms with van der Waals surface area (Å²) in [6.07, 6.45) is 0. The molecule has 0 aliphatic carbocycles. The van der Waals surface area contributed by atoms with Crippen LogP contribution >= 0.6 is 0 Å². The van der Waals surface area contributed by atoms with Crippen molar-refractivity contribution in [2.24, 2.45) is 0 Å². The van der Waals surface area contributed by atoms with E-state index < -0.39 is 20.0 Å². The molecule has 0 unspecified atom stereocenters. The molecule has 58 valence electrons. The van der Waals surface area contributed by atoms with Crippen LogP contribution in [0, 0.1) is 0 Å². The van der Waals surface area contributed by atoms with Crippen molar-refractivity contribution >= 4 is 60.5 Å². The molecule has 0 aromatic carbocycles. The average Bonchev–Trinajstić information content (AvgIpc) is 1.94. The Kier molecular flexibility index (Phi) is 22.9. The molecule has 0 heterocycles. The number of rotatable bonds is 4. The zero-order valence-electron chi connectivity index (χ0n) is 6.64. The second-order valence-electron chi connectivity index (χ2n) is 1.02. The maximum absolute atomic E-state index is 5.03. The molecule has 0 rings (SSSR count). The van der Waals surface area contributed by atoms with Gasteiger partial charge in [-0.05, 0) is 19.5 Å². The smallest absolute Gasteiger partial charge is 0.284 e. The molecular formula is H16O3Si6. The highest BCUT2D eigenvalue weighted by Gasteiger charge is 1.80. The average molecular weight is 233 g/mol. The van der Waals surface area contributed by atoms with E-state index in [2.05, 4.69) is 0 Å². The molecule has 0 bridgehead atoms. The van der Waals surface area contributed by atoms with Gasteiger partial charge in [-0.1, -0.05) is 0 Å². The van der Waals surface area contributed by atoms with E-state index in [-0.39, 0.29) is 0 Å². The van der Waals surface area contributed by atoms with Gasteiger partial charge in [0.05, 0.1) is 0 Å². The number of hydrogen-bond donors (Lipinski definition) is 0. The van der Waals surface area contributed by atoms with Crippen molar-refractivity contribution in [2.45, 2.75) is 0 Å². The molecule has 0 atom stereocenters. The Labute approximate surface area is 73.1 Å². The van der Waals surface area contributed by atoms with E-state index in [0.717, 1.165) is 21.0 Å². The second kappa shape index (κ2) is 16.1. The van der Waals surface area contributed by atoms with Crippen molar-refractivity contribution in [1.29, 1.82) is 0 Å². The Morgan fingerprint density at radius 3 is 1.44 bits per heavy atom. The molecule has 0 aliphatic rings. The van der Waals surface area contributed by atoms with Crippen molar-refractivity contribution in [3.05, 3.63) is 0 Å². The second-order valence-corrected chi connectivity index (χ2v) is 7.74. The van der Waals surface area contributed by atoms with Gasteiger partial charge in [-0.2, -0.15) is 0 Å². The van der Waals surface area contributed by atoms with Crippen molar-refractivity contribution in [2.75, 3.05) is 0 Å². The van der Waals surface area contributed by atoms with Crippen molar-refractivity contribution < 1.29 is 12.3 Å². The van der Waals surface area contributed by atoms with Crippen LogP contribution in [-0.2, 0) is 12.3 Å². The van der Waals surface area contributed by atoms with Crippen molar-refractivity contribution in [1.82, 2.24) is 0 Å². The predicted octanol–water partition coefficient (Wildman–Crippen LogP) is -6.77. The number of hydrogen-bond acceptors (Lipinski definition) is 3. The van der Waals surface area contributed by atoms with Crippen LogP contribution in [0.3, 0.4) is 0 Å². The highest BCUT2D eigenvalue weighted by Crippen LogP contribution is 1.63. The van der Waals surface area contributed by atoms with Crippen LogP contribution in [-0.4, -0.2) is 60.5 Å². The van der Waals surface area contributed by atoms with Crippen LogP contribution < -0.4 is 0 Å². The molecule has 9 heavy (non-hydrogen) atoms. The van der Waals surface area contributed by atoms with Gasteiger partial charge < -0.3 is 12.3 Å². The lowest BCUT2D eigenvalue weighted by molar-refractivity contribution is 0.443. The van der Waals surface area contributed by atoms with E-state index in [0.29, 0.717) is 0 Å². The quantitative estimate of drug-likeness (QED) is 0.356. The summed E-state index contributed by atoms with van der Waals surface area (Å²) in [6.45, 7) is 0. The van der Waals surface area contributed by atoms with Crippen LogP contribution in [0.5, 0.6) is 0 Å². The Morgan fingerprint density at radius 2 is 1.22 bits per heavy atom. The lowest BCUT2D eigenvalue weighted by Gasteiger charge is -1.97. The molecule has 0 radical (unpaired) electrons. The molecule has 0 saturated heterocycles. The van der Waals surface area contributed by atoms with Crippen molar-refractivity contribution in [3.8, 4) is 0 Å². The molecule has 0 aromatic rings. The first-order chi connectivity index (χ1) is 4.41. The molecular weight excluding hydrogens is 217 g/mol. The fourth-order valence-electron chi connectivity index (χ4n) is 0.201. The lowest BCUT2D eigenvalue weighted by Crippen LogP contribution is -2.08. The van der Waals surface area contributed by atoms with Crippen LogP contribution in [0.25, 0.3) is 0 Å². The van der Waals surface area contributed by atoms with E-state index >= 15 is 0 Å². The van der Waals surface area contributed by atoms with E-state index in [9.17, 15) is 0 Å². The van der Waals surface area contributed by atoms with Gasteiger partial charge in [0.15, 0.2) is 0 Å². The summed E-state index contributed by atoms with van der Waals surface area (Å²) < 4.78 is 14.8. The largest absolute Gasteiger partial charge is 0.449 e. The Morgan fingerprint density at radius 1 is 0.889 bits per heavy atom.